The number of halogens is 4. The number of hydrogen-bond acceptors (Lipinski definition) is 3. The van der Waals surface area contributed by atoms with E-state index in [2.05, 4.69) is 10.2 Å². The lowest BCUT2D eigenvalue weighted by Crippen LogP contribution is -2.38. The fraction of sp³-hybridized carbons (Fsp3) is 0.300. The van der Waals surface area contributed by atoms with Gasteiger partial charge in [0.2, 0.25) is 5.91 Å². The minimum atomic E-state index is -4.82. The molecule has 4 nitrogen and oxygen atoms in total. The molecule has 2 aromatic carbocycles. The number of nitrogens with zero attached hydrogens (tertiary/aromatic N) is 1. The Balaban J connectivity index is 1.62. The minimum Gasteiger partial charge on any atom is -0.371 e. The van der Waals surface area contributed by atoms with Gasteiger partial charge in [0.05, 0.1) is 11.3 Å². The zero-order chi connectivity index (χ0) is 20.3. The highest BCUT2D eigenvalue weighted by Gasteiger charge is 2.35. The average molecular weight is 394 g/mol. The molecule has 1 heterocycles. The number of anilines is 2. The molecule has 1 aliphatic heterocycles. The van der Waals surface area contributed by atoms with Gasteiger partial charge in [-0.1, -0.05) is 6.07 Å². The molecule has 2 aromatic rings. The number of amides is 1. The van der Waals surface area contributed by atoms with E-state index in [1.807, 2.05) is 12.1 Å². The summed E-state index contributed by atoms with van der Waals surface area (Å²) in [5.41, 5.74) is -0.375. The Morgan fingerprint density at radius 1 is 1.07 bits per heavy atom. The third-order valence-electron chi connectivity index (χ3n) is 4.82. The molecule has 1 amide bonds. The van der Waals surface area contributed by atoms with Gasteiger partial charge in [0.15, 0.2) is 5.82 Å². The first-order valence-electron chi connectivity index (χ1n) is 8.76. The molecule has 1 N–H and O–H groups in total. The van der Waals surface area contributed by atoms with Crippen LogP contribution >= 0.6 is 0 Å². The van der Waals surface area contributed by atoms with E-state index < -0.39 is 35.1 Å². The molecule has 0 atom stereocenters. The van der Waals surface area contributed by atoms with Crippen LogP contribution in [0, 0.1) is 11.7 Å². The van der Waals surface area contributed by atoms with Gasteiger partial charge >= 0.3 is 6.18 Å². The van der Waals surface area contributed by atoms with Gasteiger partial charge in [-0.3, -0.25) is 9.59 Å². The summed E-state index contributed by atoms with van der Waals surface area (Å²) in [4.78, 5) is 25.2. The summed E-state index contributed by atoms with van der Waals surface area (Å²) in [5, 5.41) is 2.29. The van der Waals surface area contributed by atoms with Gasteiger partial charge in [0, 0.05) is 30.3 Å². The number of alkyl halides is 3. The quantitative estimate of drug-likeness (QED) is 0.613. The lowest BCUT2D eigenvalue weighted by atomic mass is 9.95. The van der Waals surface area contributed by atoms with Crippen molar-refractivity contribution in [3.8, 4) is 0 Å². The molecule has 8 heteroatoms. The van der Waals surface area contributed by atoms with Crippen molar-refractivity contribution < 1.29 is 27.2 Å². The monoisotopic (exact) mass is 394 g/mol. The van der Waals surface area contributed by atoms with E-state index in [9.17, 15) is 27.2 Å². The van der Waals surface area contributed by atoms with Gasteiger partial charge in [0.25, 0.3) is 0 Å². The largest absolute Gasteiger partial charge is 0.419 e. The third kappa shape index (κ3) is 4.32. The van der Waals surface area contributed by atoms with E-state index in [1.54, 1.807) is 12.1 Å². The van der Waals surface area contributed by atoms with Crippen molar-refractivity contribution in [1.82, 2.24) is 0 Å². The summed E-state index contributed by atoms with van der Waals surface area (Å²) in [5.74, 6) is -2.38. The summed E-state index contributed by atoms with van der Waals surface area (Å²) in [7, 11) is 0. The van der Waals surface area contributed by atoms with Crippen LogP contribution in [0.2, 0.25) is 0 Å². The van der Waals surface area contributed by atoms with Crippen molar-refractivity contribution >= 4 is 23.6 Å². The van der Waals surface area contributed by atoms with Gasteiger partial charge in [-0.25, -0.2) is 4.39 Å². The Morgan fingerprint density at radius 2 is 1.71 bits per heavy atom. The molecule has 3 rings (SSSR count). The number of piperidine rings is 1. The van der Waals surface area contributed by atoms with Gasteiger partial charge in [-0.2, -0.15) is 13.2 Å². The van der Waals surface area contributed by atoms with E-state index in [1.165, 1.54) is 0 Å². The van der Waals surface area contributed by atoms with E-state index >= 15 is 0 Å². The topological polar surface area (TPSA) is 49.4 Å². The summed E-state index contributed by atoms with van der Waals surface area (Å²) >= 11 is 0. The van der Waals surface area contributed by atoms with Crippen LogP contribution in [0.3, 0.4) is 0 Å². The lowest BCUT2D eigenvalue weighted by molar-refractivity contribution is -0.140. The molecule has 0 spiro atoms. The third-order valence-corrected chi connectivity index (χ3v) is 4.82. The van der Waals surface area contributed by atoms with Crippen molar-refractivity contribution in [2.75, 3.05) is 23.3 Å². The second kappa shape index (κ2) is 8.00. The van der Waals surface area contributed by atoms with Crippen LogP contribution in [-0.4, -0.2) is 25.3 Å². The Bertz CT molecular complexity index is 857. The molecule has 0 aromatic heterocycles. The molecule has 1 aliphatic rings. The first kappa shape index (κ1) is 19.9. The first-order valence-corrected chi connectivity index (χ1v) is 8.76. The SMILES string of the molecule is O=Cc1ccc(N2CCC(C(=O)Nc3cccc(C(F)(F)F)c3F)CC2)cc1. The fourth-order valence-electron chi connectivity index (χ4n) is 3.25. The Kier molecular flexibility index (Phi) is 5.67. The number of benzene rings is 2. The van der Waals surface area contributed by atoms with Gasteiger partial charge in [-0.15, -0.1) is 0 Å². The molecular formula is C20H18F4N2O2. The number of rotatable bonds is 4. The van der Waals surface area contributed by atoms with E-state index in [-0.39, 0.29) is 0 Å². The van der Waals surface area contributed by atoms with Crippen LogP contribution in [0.4, 0.5) is 28.9 Å². The number of hydrogen-bond donors (Lipinski definition) is 1. The predicted octanol–water partition coefficient (Wildman–Crippen LogP) is 4.51. The van der Waals surface area contributed by atoms with Crippen molar-refractivity contribution in [2.45, 2.75) is 19.0 Å². The molecule has 0 bridgehead atoms. The molecule has 0 radical (unpaired) electrons. The van der Waals surface area contributed by atoms with Crippen molar-refractivity contribution in [2.24, 2.45) is 5.92 Å². The zero-order valence-electron chi connectivity index (χ0n) is 14.8. The first-order chi connectivity index (χ1) is 13.3. The standard InChI is InChI=1S/C20H18F4N2O2/c21-18-16(20(22,23)24)2-1-3-17(18)25-19(28)14-8-10-26(11-9-14)15-6-4-13(12-27)5-7-15/h1-7,12,14H,8-11H2,(H,25,28). The van der Waals surface area contributed by atoms with E-state index in [0.717, 1.165) is 24.1 Å². The van der Waals surface area contributed by atoms with Gasteiger partial charge < -0.3 is 10.2 Å². The number of carbonyl (C=O) groups is 2. The maximum Gasteiger partial charge on any atom is 0.419 e. The Morgan fingerprint density at radius 3 is 2.29 bits per heavy atom. The lowest BCUT2D eigenvalue weighted by Gasteiger charge is -2.33. The zero-order valence-corrected chi connectivity index (χ0v) is 14.8. The molecule has 0 aliphatic carbocycles. The maximum atomic E-state index is 14.1. The molecule has 0 unspecified atom stereocenters. The van der Waals surface area contributed by atoms with Crippen molar-refractivity contribution in [1.29, 1.82) is 0 Å². The van der Waals surface area contributed by atoms with Gasteiger partial charge in [0.1, 0.15) is 6.29 Å². The smallest absolute Gasteiger partial charge is 0.371 e. The van der Waals surface area contributed by atoms with Crippen LogP contribution in [0.5, 0.6) is 0 Å². The minimum absolute atomic E-state index is 0.417. The summed E-state index contributed by atoms with van der Waals surface area (Å²) < 4.78 is 52.5. The second-order valence-corrected chi connectivity index (χ2v) is 6.62. The average Bonchev–Trinajstić information content (AvgIpc) is 2.69. The highest BCUT2D eigenvalue weighted by atomic mass is 19.4. The molecular weight excluding hydrogens is 376 g/mol. The highest BCUT2D eigenvalue weighted by Crippen LogP contribution is 2.34. The molecule has 1 saturated heterocycles. The Labute approximate surface area is 159 Å². The van der Waals surface area contributed by atoms with Crippen LogP contribution in [0.1, 0.15) is 28.8 Å². The van der Waals surface area contributed by atoms with Crippen LogP contribution in [0.15, 0.2) is 42.5 Å². The van der Waals surface area contributed by atoms with Crippen LogP contribution in [0.25, 0.3) is 0 Å². The Hall–Kier alpha value is -2.90. The molecule has 0 saturated carbocycles. The molecule has 148 valence electrons. The maximum absolute atomic E-state index is 14.1. The van der Waals surface area contributed by atoms with Crippen LogP contribution in [-0.2, 0) is 11.0 Å². The number of nitrogens with one attached hydrogen (secondary N) is 1. The molecule has 28 heavy (non-hydrogen) atoms. The van der Waals surface area contributed by atoms with E-state index in [0.29, 0.717) is 37.6 Å². The van der Waals surface area contributed by atoms with Crippen LogP contribution < -0.4 is 10.2 Å². The highest BCUT2D eigenvalue weighted by molar-refractivity contribution is 5.93. The van der Waals surface area contributed by atoms with Crippen molar-refractivity contribution in [3.05, 3.63) is 59.4 Å². The fourth-order valence-corrected chi connectivity index (χ4v) is 3.25. The van der Waals surface area contributed by atoms with E-state index in [4.69, 9.17) is 0 Å². The summed E-state index contributed by atoms with van der Waals surface area (Å²) in [6, 6.07) is 9.87. The predicted molar refractivity (Wildman–Crippen MR) is 96.8 cm³/mol. The number of aldehydes is 1. The summed E-state index contributed by atoms with van der Waals surface area (Å²) in [6.45, 7) is 1.15. The van der Waals surface area contributed by atoms with Crippen molar-refractivity contribution in [3.63, 3.8) is 0 Å². The second-order valence-electron chi connectivity index (χ2n) is 6.62. The molecule has 1 fully saturated rings. The summed E-state index contributed by atoms with van der Waals surface area (Å²) in [6.07, 6.45) is -3.09. The normalized spacial score (nSPS) is 15.4. The van der Waals surface area contributed by atoms with Gasteiger partial charge in [-0.05, 0) is 49.2 Å². The number of carbonyl (C=O) groups excluding carboxylic acids is 2.